The zero-order chi connectivity index (χ0) is 18.0. The summed E-state index contributed by atoms with van der Waals surface area (Å²) in [5, 5.41) is 6.96. The van der Waals surface area contributed by atoms with Gasteiger partial charge in [0.15, 0.2) is 0 Å². The molecule has 1 aromatic carbocycles. The maximum atomic E-state index is 12.7. The molecular weight excluding hydrogens is 324 g/mol. The number of amides is 1. The smallest absolute Gasteiger partial charge is 0.220 e. The molecule has 3 fully saturated rings. The van der Waals surface area contributed by atoms with Gasteiger partial charge in [-0.2, -0.15) is 0 Å². The maximum absolute atomic E-state index is 12.7. The lowest BCUT2D eigenvalue weighted by Crippen LogP contribution is -2.42. The van der Waals surface area contributed by atoms with E-state index < -0.39 is 0 Å². The predicted octanol–water partition coefficient (Wildman–Crippen LogP) is 3.54. The Labute approximate surface area is 157 Å². The lowest BCUT2D eigenvalue weighted by atomic mass is 9.78. The SMILES string of the molecule is COc1ccccc1C1(CNC(=O)CC2CC3CCC(C2)N3)CCCC1. The molecule has 1 aliphatic carbocycles. The molecule has 142 valence electrons. The van der Waals surface area contributed by atoms with Crippen molar-refractivity contribution in [3.05, 3.63) is 29.8 Å². The largest absolute Gasteiger partial charge is 0.496 e. The number of para-hydroxylation sites is 1. The summed E-state index contributed by atoms with van der Waals surface area (Å²) in [7, 11) is 1.74. The van der Waals surface area contributed by atoms with Gasteiger partial charge < -0.3 is 15.4 Å². The van der Waals surface area contributed by atoms with Crippen LogP contribution in [0.2, 0.25) is 0 Å². The molecule has 1 aromatic rings. The standard InChI is InChI=1S/C22H32N2O2/c1-26-20-7-3-2-6-19(20)22(10-4-5-11-22)15-23-21(25)14-16-12-17-8-9-18(13-16)24-17/h2-3,6-7,16-18,24H,4-5,8-15H2,1H3,(H,23,25). The van der Waals surface area contributed by atoms with E-state index in [4.69, 9.17) is 4.74 Å². The Bertz CT molecular complexity index is 627. The normalized spacial score (nSPS) is 29.5. The van der Waals surface area contributed by atoms with E-state index in [2.05, 4.69) is 22.8 Å². The summed E-state index contributed by atoms with van der Waals surface area (Å²) in [4.78, 5) is 12.7. The van der Waals surface area contributed by atoms with Crippen molar-refractivity contribution in [1.82, 2.24) is 10.6 Å². The van der Waals surface area contributed by atoms with Gasteiger partial charge in [0.25, 0.3) is 0 Å². The van der Waals surface area contributed by atoms with E-state index in [1.54, 1.807) is 7.11 Å². The lowest BCUT2D eigenvalue weighted by molar-refractivity contribution is -0.122. The highest BCUT2D eigenvalue weighted by atomic mass is 16.5. The molecule has 1 saturated carbocycles. The van der Waals surface area contributed by atoms with Gasteiger partial charge in [0, 0.05) is 36.0 Å². The minimum absolute atomic E-state index is 0.0371. The Morgan fingerprint density at radius 2 is 1.88 bits per heavy atom. The van der Waals surface area contributed by atoms with Crippen molar-refractivity contribution in [3.63, 3.8) is 0 Å². The topological polar surface area (TPSA) is 50.4 Å². The van der Waals surface area contributed by atoms with Crippen LogP contribution in [0.1, 0.15) is 63.4 Å². The molecule has 0 spiro atoms. The van der Waals surface area contributed by atoms with Crippen molar-refractivity contribution >= 4 is 5.91 Å². The number of hydrogen-bond acceptors (Lipinski definition) is 3. The van der Waals surface area contributed by atoms with Gasteiger partial charge in [-0.25, -0.2) is 0 Å². The Kier molecular flexibility index (Phi) is 5.21. The van der Waals surface area contributed by atoms with Crippen molar-refractivity contribution < 1.29 is 9.53 Å². The zero-order valence-corrected chi connectivity index (χ0v) is 15.9. The zero-order valence-electron chi connectivity index (χ0n) is 15.9. The number of methoxy groups -OCH3 is 1. The Morgan fingerprint density at radius 1 is 1.19 bits per heavy atom. The molecule has 0 radical (unpaired) electrons. The quantitative estimate of drug-likeness (QED) is 0.820. The molecule has 2 atom stereocenters. The summed E-state index contributed by atoms with van der Waals surface area (Å²) >= 11 is 0. The first-order valence-corrected chi connectivity index (χ1v) is 10.3. The number of benzene rings is 1. The van der Waals surface area contributed by atoms with Crippen molar-refractivity contribution in [3.8, 4) is 5.75 Å². The summed E-state index contributed by atoms with van der Waals surface area (Å²) in [5.74, 6) is 1.75. The first-order valence-electron chi connectivity index (χ1n) is 10.3. The molecule has 2 heterocycles. The van der Waals surface area contributed by atoms with E-state index >= 15 is 0 Å². The van der Waals surface area contributed by atoms with Gasteiger partial charge in [-0.15, -0.1) is 0 Å². The van der Waals surface area contributed by atoms with Gasteiger partial charge in [-0.3, -0.25) is 4.79 Å². The number of carbonyl (C=O) groups excluding carboxylic acids is 1. The van der Waals surface area contributed by atoms with Crippen LogP contribution in [0.4, 0.5) is 0 Å². The second kappa shape index (κ2) is 7.59. The van der Waals surface area contributed by atoms with E-state index in [0.717, 1.165) is 25.1 Å². The average molecular weight is 357 g/mol. The van der Waals surface area contributed by atoms with Crippen LogP contribution < -0.4 is 15.4 Å². The number of fused-ring (bicyclic) bond motifs is 2. The van der Waals surface area contributed by atoms with E-state index in [9.17, 15) is 4.79 Å². The van der Waals surface area contributed by atoms with Gasteiger partial charge in [0.1, 0.15) is 5.75 Å². The molecule has 4 heteroatoms. The van der Waals surface area contributed by atoms with Gasteiger partial charge in [0.2, 0.25) is 5.91 Å². The minimum Gasteiger partial charge on any atom is -0.496 e. The lowest BCUT2D eigenvalue weighted by Gasteiger charge is -2.32. The predicted molar refractivity (Wildman–Crippen MR) is 103 cm³/mol. The third-order valence-corrected chi connectivity index (χ3v) is 6.91. The molecule has 2 aliphatic heterocycles. The van der Waals surface area contributed by atoms with Crippen LogP contribution in [0.25, 0.3) is 0 Å². The molecule has 4 rings (SSSR count). The van der Waals surface area contributed by atoms with Crippen LogP contribution in [0, 0.1) is 5.92 Å². The fourth-order valence-electron chi connectivity index (χ4n) is 5.62. The van der Waals surface area contributed by atoms with Crippen molar-refractivity contribution in [1.29, 1.82) is 0 Å². The van der Waals surface area contributed by atoms with E-state index in [1.807, 2.05) is 12.1 Å². The molecule has 2 unspecified atom stereocenters. The number of ether oxygens (including phenoxy) is 1. The summed E-state index contributed by atoms with van der Waals surface area (Å²) < 4.78 is 5.62. The molecule has 2 saturated heterocycles. The van der Waals surface area contributed by atoms with Gasteiger partial charge >= 0.3 is 0 Å². The van der Waals surface area contributed by atoms with Crippen molar-refractivity contribution in [2.45, 2.75) is 75.3 Å². The second-order valence-electron chi connectivity index (χ2n) is 8.64. The highest BCUT2D eigenvalue weighted by Gasteiger charge is 2.39. The fraction of sp³-hybridized carbons (Fsp3) is 0.682. The van der Waals surface area contributed by atoms with Crippen molar-refractivity contribution in [2.75, 3.05) is 13.7 Å². The molecule has 4 nitrogen and oxygen atoms in total. The Hall–Kier alpha value is -1.55. The minimum atomic E-state index is 0.0371. The highest BCUT2D eigenvalue weighted by molar-refractivity contribution is 5.76. The second-order valence-corrected chi connectivity index (χ2v) is 8.64. The van der Waals surface area contributed by atoms with Crippen LogP contribution in [-0.2, 0) is 10.2 Å². The molecule has 2 N–H and O–H groups in total. The summed E-state index contributed by atoms with van der Waals surface area (Å²) in [5.41, 5.74) is 1.30. The molecule has 26 heavy (non-hydrogen) atoms. The number of hydrogen-bond donors (Lipinski definition) is 2. The van der Waals surface area contributed by atoms with Crippen LogP contribution in [0.5, 0.6) is 5.75 Å². The van der Waals surface area contributed by atoms with Crippen molar-refractivity contribution in [2.24, 2.45) is 5.92 Å². The monoisotopic (exact) mass is 356 g/mol. The third-order valence-electron chi connectivity index (χ3n) is 6.91. The molecule has 0 aromatic heterocycles. The van der Waals surface area contributed by atoms with E-state index in [1.165, 1.54) is 44.1 Å². The van der Waals surface area contributed by atoms with Crippen LogP contribution in [0.15, 0.2) is 24.3 Å². The number of nitrogens with one attached hydrogen (secondary N) is 2. The molecular formula is C22H32N2O2. The van der Waals surface area contributed by atoms with E-state index in [-0.39, 0.29) is 11.3 Å². The molecule has 2 bridgehead atoms. The fourth-order valence-corrected chi connectivity index (χ4v) is 5.62. The third kappa shape index (κ3) is 3.62. The van der Waals surface area contributed by atoms with Crippen LogP contribution in [-0.4, -0.2) is 31.6 Å². The summed E-state index contributed by atoms with van der Waals surface area (Å²) in [6.07, 6.45) is 10.3. The first-order chi connectivity index (χ1) is 12.7. The average Bonchev–Trinajstić information content (AvgIpc) is 3.27. The van der Waals surface area contributed by atoms with Gasteiger partial charge in [-0.1, -0.05) is 31.0 Å². The van der Waals surface area contributed by atoms with Gasteiger partial charge in [0.05, 0.1) is 7.11 Å². The first kappa shape index (κ1) is 17.8. The summed E-state index contributed by atoms with van der Waals surface area (Å²) in [6, 6.07) is 9.64. The molecule has 3 aliphatic rings. The summed E-state index contributed by atoms with van der Waals surface area (Å²) in [6.45, 7) is 0.740. The molecule has 1 amide bonds. The Balaban J connectivity index is 1.39. The van der Waals surface area contributed by atoms with Crippen LogP contribution in [0.3, 0.4) is 0 Å². The maximum Gasteiger partial charge on any atom is 0.220 e. The number of rotatable bonds is 6. The Morgan fingerprint density at radius 3 is 2.58 bits per heavy atom. The van der Waals surface area contributed by atoms with Gasteiger partial charge in [-0.05, 0) is 50.5 Å². The van der Waals surface area contributed by atoms with E-state index in [0.29, 0.717) is 24.4 Å². The van der Waals surface area contributed by atoms with Crippen LogP contribution >= 0.6 is 0 Å². The highest BCUT2D eigenvalue weighted by Crippen LogP contribution is 2.44. The number of carbonyl (C=O) groups is 1. The number of piperidine rings is 1.